The maximum Gasteiger partial charge on any atom is 0.0364 e. The summed E-state index contributed by atoms with van der Waals surface area (Å²) in [7, 11) is 2.16. The molecule has 0 aromatic heterocycles. The van der Waals surface area contributed by atoms with Crippen molar-refractivity contribution in [1.29, 1.82) is 0 Å². The van der Waals surface area contributed by atoms with Crippen molar-refractivity contribution in [3.05, 3.63) is 29.8 Å². The third-order valence-electron chi connectivity index (χ3n) is 3.59. The second-order valence-corrected chi connectivity index (χ2v) is 6.08. The zero-order valence-electron chi connectivity index (χ0n) is 13.2. The summed E-state index contributed by atoms with van der Waals surface area (Å²) < 4.78 is 0. The van der Waals surface area contributed by atoms with Crippen LogP contribution in [0, 0.1) is 12.8 Å². The molecule has 2 nitrogen and oxygen atoms in total. The summed E-state index contributed by atoms with van der Waals surface area (Å²) in [6.45, 7) is 11.1. The van der Waals surface area contributed by atoms with E-state index in [1.807, 2.05) is 0 Å². The van der Waals surface area contributed by atoms with E-state index in [0.29, 0.717) is 6.04 Å². The standard InChI is InChI=1S/C17H30N2/c1-14(2)6-9-16(4)18-12-13-19(5)17-10-7-15(3)8-11-17/h7-8,10-11,14,16,18H,6,9,12-13H2,1-5H3. The van der Waals surface area contributed by atoms with Gasteiger partial charge in [-0.25, -0.2) is 0 Å². The lowest BCUT2D eigenvalue weighted by Crippen LogP contribution is -2.34. The predicted molar refractivity (Wildman–Crippen MR) is 86.0 cm³/mol. The van der Waals surface area contributed by atoms with E-state index in [4.69, 9.17) is 0 Å². The van der Waals surface area contributed by atoms with Crippen molar-refractivity contribution in [2.75, 3.05) is 25.0 Å². The molecule has 0 amide bonds. The van der Waals surface area contributed by atoms with Crippen LogP contribution in [0.2, 0.25) is 0 Å². The van der Waals surface area contributed by atoms with Gasteiger partial charge in [0.1, 0.15) is 0 Å². The number of rotatable bonds is 8. The average Bonchev–Trinajstić information content (AvgIpc) is 2.37. The van der Waals surface area contributed by atoms with E-state index >= 15 is 0 Å². The third kappa shape index (κ3) is 6.63. The Hall–Kier alpha value is -1.02. The van der Waals surface area contributed by atoms with Crippen LogP contribution in [0.3, 0.4) is 0 Å². The van der Waals surface area contributed by atoms with Crippen LogP contribution in [0.25, 0.3) is 0 Å². The molecule has 19 heavy (non-hydrogen) atoms. The molecule has 1 unspecified atom stereocenters. The topological polar surface area (TPSA) is 15.3 Å². The van der Waals surface area contributed by atoms with Gasteiger partial charge in [0, 0.05) is 31.9 Å². The zero-order valence-corrected chi connectivity index (χ0v) is 13.2. The van der Waals surface area contributed by atoms with Crippen molar-refractivity contribution in [3.8, 4) is 0 Å². The van der Waals surface area contributed by atoms with E-state index in [-0.39, 0.29) is 0 Å². The first-order chi connectivity index (χ1) is 8.99. The van der Waals surface area contributed by atoms with Crippen LogP contribution >= 0.6 is 0 Å². The van der Waals surface area contributed by atoms with Gasteiger partial charge >= 0.3 is 0 Å². The van der Waals surface area contributed by atoms with Gasteiger partial charge in [-0.3, -0.25) is 0 Å². The molecule has 0 aliphatic heterocycles. The second kappa shape index (κ2) is 8.21. The Morgan fingerprint density at radius 1 is 1.05 bits per heavy atom. The van der Waals surface area contributed by atoms with Crippen LogP contribution in [0.15, 0.2) is 24.3 Å². The van der Waals surface area contributed by atoms with Crippen LogP contribution in [-0.4, -0.2) is 26.2 Å². The minimum Gasteiger partial charge on any atom is -0.373 e. The van der Waals surface area contributed by atoms with E-state index in [0.717, 1.165) is 19.0 Å². The highest BCUT2D eigenvalue weighted by molar-refractivity contribution is 5.46. The van der Waals surface area contributed by atoms with Crippen LogP contribution in [0.5, 0.6) is 0 Å². The van der Waals surface area contributed by atoms with Crippen molar-refractivity contribution in [2.24, 2.45) is 5.92 Å². The fourth-order valence-corrected chi connectivity index (χ4v) is 2.09. The first kappa shape index (κ1) is 16.0. The maximum absolute atomic E-state index is 3.61. The van der Waals surface area contributed by atoms with E-state index in [1.165, 1.54) is 24.1 Å². The van der Waals surface area contributed by atoms with E-state index in [2.05, 4.69) is 69.2 Å². The van der Waals surface area contributed by atoms with Crippen molar-refractivity contribution < 1.29 is 0 Å². The Kier molecular flexibility index (Phi) is 6.93. The smallest absolute Gasteiger partial charge is 0.0364 e. The monoisotopic (exact) mass is 262 g/mol. The Balaban J connectivity index is 2.23. The summed E-state index contributed by atoms with van der Waals surface area (Å²) in [5.41, 5.74) is 2.61. The highest BCUT2D eigenvalue weighted by Crippen LogP contribution is 2.12. The van der Waals surface area contributed by atoms with Gasteiger partial charge in [0.15, 0.2) is 0 Å². The molecule has 0 heterocycles. The molecule has 1 aromatic rings. The van der Waals surface area contributed by atoms with E-state index in [1.54, 1.807) is 0 Å². The number of anilines is 1. The fourth-order valence-electron chi connectivity index (χ4n) is 2.09. The number of benzene rings is 1. The van der Waals surface area contributed by atoms with Crippen molar-refractivity contribution >= 4 is 5.69 Å². The van der Waals surface area contributed by atoms with Crippen LogP contribution < -0.4 is 10.2 Å². The largest absolute Gasteiger partial charge is 0.373 e. The Morgan fingerprint density at radius 2 is 1.68 bits per heavy atom. The molecule has 0 radical (unpaired) electrons. The van der Waals surface area contributed by atoms with Gasteiger partial charge in [-0.05, 0) is 44.7 Å². The molecular weight excluding hydrogens is 232 g/mol. The molecule has 0 saturated carbocycles. The highest BCUT2D eigenvalue weighted by Gasteiger charge is 2.04. The SMILES string of the molecule is Cc1ccc(N(C)CCNC(C)CCC(C)C)cc1. The number of nitrogens with zero attached hydrogens (tertiary/aromatic N) is 1. The number of likely N-dealkylation sites (N-methyl/N-ethyl adjacent to an activating group) is 1. The molecular formula is C17H30N2. The summed E-state index contributed by atoms with van der Waals surface area (Å²) >= 11 is 0. The zero-order chi connectivity index (χ0) is 14.3. The van der Waals surface area contributed by atoms with E-state index < -0.39 is 0 Å². The van der Waals surface area contributed by atoms with Crippen LogP contribution in [-0.2, 0) is 0 Å². The molecule has 1 rings (SSSR count). The van der Waals surface area contributed by atoms with Gasteiger partial charge in [0.25, 0.3) is 0 Å². The summed E-state index contributed by atoms with van der Waals surface area (Å²) in [6, 6.07) is 9.35. The minimum atomic E-state index is 0.619. The fraction of sp³-hybridized carbons (Fsp3) is 0.647. The molecule has 1 aromatic carbocycles. The van der Waals surface area contributed by atoms with Crippen molar-refractivity contribution in [3.63, 3.8) is 0 Å². The van der Waals surface area contributed by atoms with Gasteiger partial charge in [0.2, 0.25) is 0 Å². The Morgan fingerprint density at radius 3 is 2.26 bits per heavy atom. The average molecular weight is 262 g/mol. The number of nitrogens with one attached hydrogen (secondary N) is 1. The molecule has 1 N–H and O–H groups in total. The summed E-state index contributed by atoms with van der Waals surface area (Å²) in [4.78, 5) is 2.31. The summed E-state index contributed by atoms with van der Waals surface area (Å²) in [5.74, 6) is 0.805. The molecule has 0 bridgehead atoms. The minimum absolute atomic E-state index is 0.619. The van der Waals surface area contributed by atoms with Gasteiger partial charge in [0.05, 0.1) is 0 Å². The Labute approximate surface area is 119 Å². The van der Waals surface area contributed by atoms with E-state index in [9.17, 15) is 0 Å². The van der Waals surface area contributed by atoms with Crippen molar-refractivity contribution in [2.45, 2.75) is 46.6 Å². The first-order valence-corrected chi connectivity index (χ1v) is 7.50. The van der Waals surface area contributed by atoms with Gasteiger partial charge in [-0.15, -0.1) is 0 Å². The third-order valence-corrected chi connectivity index (χ3v) is 3.59. The highest BCUT2D eigenvalue weighted by atomic mass is 15.1. The summed E-state index contributed by atoms with van der Waals surface area (Å²) in [5, 5.41) is 3.61. The molecule has 0 aliphatic carbocycles. The molecule has 1 atom stereocenters. The lowest BCUT2D eigenvalue weighted by molar-refractivity contribution is 0.454. The van der Waals surface area contributed by atoms with Crippen LogP contribution in [0.1, 0.15) is 39.2 Å². The van der Waals surface area contributed by atoms with Crippen LogP contribution in [0.4, 0.5) is 5.69 Å². The van der Waals surface area contributed by atoms with Gasteiger partial charge in [-0.2, -0.15) is 0 Å². The number of aryl methyl sites for hydroxylation is 1. The molecule has 0 aliphatic rings. The number of hydrogen-bond donors (Lipinski definition) is 1. The molecule has 0 fully saturated rings. The predicted octanol–water partition coefficient (Wildman–Crippen LogP) is 3.85. The quantitative estimate of drug-likeness (QED) is 0.765. The molecule has 108 valence electrons. The molecule has 2 heteroatoms. The van der Waals surface area contributed by atoms with Gasteiger partial charge in [-0.1, -0.05) is 31.5 Å². The maximum atomic E-state index is 3.61. The lowest BCUT2D eigenvalue weighted by Gasteiger charge is -2.21. The molecule has 0 saturated heterocycles. The summed E-state index contributed by atoms with van der Waals surface area (Å²) in [6.07, 6.45) is 2.58. The second-order valence-electron chi connectivity index (χ2n) is 6.08. The van der Waals surface area contributed by atoms with Crippen molar-refractivity contribution in [1.82, 2.24) is 5.32 Å². The number of hydrogen-bond acceptors (Lipinski definition) is 2. The first-order valence-electron chi connectivity index (χ1n) is 7.50. The lowest BCUT2D eigenvalue weighted by atomic mass is 10.0. The van der Waals surface area contributed by atoms with Gasteiger partial charge < -0.3 is 10.2 Å². The molecule has 0 spiro atoms. The Bertz CT molecular complexity index is 343. The normalized spacial score (nSPS) is 12.7.